The van der Waals surface area contributed by atoms with Gasteiger partial charge in [-0.2, -0.15) is 12.6 Å². The van der Waals surface area contributed by atoms with Crippen LogP contribution in [0.1, 0.15) is 12.0 Å². The van der Waals surface area contributed by atoms with Gasteiger partial charge in [0.05, 0.1) is 12.3 Å². The van der Waals surface area contributed by atoms with Crippen LogP contribution in [0.5, 0.6) is 5.75 Å². The summed E-state index contributed by atoms with van der Waals surface area (Å²) in [5.74, 6) is 0.938. The van der Waals surface area contributed by atoms with Crippen LogP contribution in [0.4, 0.5) is 5.69 Å². The fourth-order valence-electron chi connectivity index (χ4n) is 1.04. The normalized spacial score (nSPS) is 10.4. The van der Waals surface area contributed by atoms with E-state index < -0.39 is 0 Å². The van der Waals surface area contributed by atoms with Crippen LogP contribution >= 0.6 is 12.6 Å². The maximum absolute atomic E-state index is 9.31. The molecule has 0 spiro atoms. The van der Waals surface area contributed by atoms with Crippen molar-refractivity contribution in [3.63, 3.8) is 0 Å². The van der Waals surface area contributed by atoms with Gasteiger partial charge in [-0.15, -0.1) is 0 Å². The Morgan fingerprint density at radius 3 is 2.86 bits per heavy atom. The Hall–Kier alpha value is -0.870. The quantitative estimate of drug-likeness (QED) is 0.302. The Labute approximate surface area is 89.3 Å². The summed E-state index contributed by atoms with van der Waals surface area (Å²) in [4.78, 5) is 0. The summed E-state index contributed by atoms with van der Waals surface area (Å²) >= 11 is 4.07. The molecule has 1 aromatic rings. The summed E-state index contributed by atoms with van der Waals surface area (Å²) in [6.07, 6.45) is 0.935. The molecule has 0 saturated carbocycles. The first-order valence-corrected chi connectivity index (χ1v) is 5.13. The molecule has 0 atom stereocenters. The predicted molar refractivity (Wildman–Crippen MR) is 60.6 cm³/mol. The molecule has 0 aliphatic rings. The van der Waals surface area contributed by atoms with Crippen molar-refractivity contribution in [3.05, 3.63) is 23.8 Å². The van der Waals surface area contributed by atoms with Gasteiger partial charge in [-0.1, -0.05) is 6.07 Å². The van der Waals surface area contributed by atoms with Crippen LogP contribution in [0.15, 0.2) is 18.2 Å². The van der Waals surface area contributed by atoms with Crippen LogP contribution < -0.4 is 5.73 Å². The first-order valence-electron chi connectivity index (χ1n) is 4.50. The molecule has 1 aromatic carbocycles. The van der Waals surface area contributed by atoms with Crippen LogP contribution in [-0.2, 0) is 11.3 Å². The van der Waals surface area contributed by atoms with E-state index in [1.165, 1.54) is 0 Å². The summed E-state index contributed by atoms with van der Waals surface area (Å²) in [5.41, 5.74) is 6.78. The number of phenolic OH excluding ortho intramolecular Hbond substituents is 1. The molecule has 0 unspecified atom stereocenters. The van der Waals surface area contributed by atoms with Crippen molar-refractivity contribution in [3.8, 4) is 5.75 Å². The number of thiol groups is 1. The first-order chi connectivity index (χ1) is 6.74. The molecule has 0 fully saturated rings. The Kier molecular flexibility index (Phi) is 4.62. The predicted octanol–water partition coefficient (Wildman–Crippen LogP) is 1.81. The molecule has 78 valence electrons. The number of aromatic hydroxyl groups is 1. The largest absolute Gasteiger partial charge is 0.506 e. The number of nitrogens with two attached hydrogens (primary N) is 1. The Bertz CT molecular complexity index is 291. The Morgan fingerprint density at radius 2 is 2.21 bits per heavy atom. The second-order valence-corrected chi connectivity index (χ2v) is 3.47. The average Bonchev–Trinajstić information content (AvgIpc) is 2.18. The van der Waals surface area contributed by atoms with Crippen LogP contribution in [-0.4, -0.2) is 17.5 Å². The molecule has 3 nitrogen and oxygen atoms in total. The molecule has 0 bridgehead atoms. The van der Waals surface area contributed by atoms with E-state index in [1.54, 1.807) is 12.1 Å². The van der Waals surface area contributed by atoms with Gasteiger partial charge in [-0.25, -0.2) is 0 Å². The lowest BCUT2D eigenvalue weighted by Gasteiger charge is -2.05. The highest BCUT2D eigenvalue weighted by atomic mass is 32.1. The molecule has 0 aliphatic heterocycles. The van der Waals surface area contributed by atoms with E-state index in [1.807, 2.05) is 6.07 Å². The molecule has 3 N–H and O–H groups in total. The van der Waals surface area contributed by atoms with Gasteiger partial charge < -0.3 is 15.6 Å². The van der Waals surface area contributed by atoms with Gasteiger partial charge in [0.2, 0.25) is 0 Å². The van der Waals surface area contributed by atoms with E-state index in [0.717, 1.165) is 17.7 Å². The molecule has 0 heterocycles. The molecule has 0 saturated heterocycles. The second kappa shape index (κ2) is 5.78. The van der Waals surface area contributed by atoms with E-state index in [2.05, 4.69) is 12.6 Å². The van der Waals surface area contributed by atoms with Crippen LogP contribution in [0, 0.1) is 0 Å². The Balaban J connectivity index is 2.39. The van der Waals surface area contributed by atoms with Gasteiger partial charge in [0.15, 0.2) is 0 Å². The highest BCUT2D eigenvalue weighted by molar-refractivity contribution is 7.80. The summed E-state index contributed by atoms with van der Waals surface area (Å²) in [5, 5.41) is 9.31. The SMILES string of the molecule is Nc1ccc(COCCCS)cc1O. The number of benzene rings is 1. The zero-order valence-corrected chi connectivity index (χ0v) is 8.83. The number of anilines is 1. The molecule has 14 heavy (non-hydrogen) atoms. The number of hydrogen-bond acceptors (Lipinski definition) is 4. The van der Waals surface area contributed by atoms with Crippen molar-refractivity contribution in [2.45, 2.75) is 13.0 Å². The smallest absolute Gasteiger partial charge is 0.138 e. The first kappa shape index (κ1) is 11.2. The van der Waals surface area contributed by atoms with Gasteiger partial charge in [-0.3, -0.25) is 0 Å². The molecular weight excluding hydrogens is 198 g/mol. The number of rotatable bonds is 5. The number of ether oxygens (including phenoxy) is 1. The lowest BCUT2D eigenvalue weighted by molar-refractivity contribution is 0.122. The van der Waals surface area contributed by atoms with Crippen molar-refractivity contribution < 1.29 is 9.84 Å². The van der Waals surface area contributed by atoms with Crippen molar-refractivity contribution in [1.29, 1.82) is 0 Å². The summed E-state index contributed by atoms with van der Waals surface area (Å²) in [7, 11) is 0. The van der Waals surface area contributed by atoms with Gasteiger partial charge >= 0.3 is 0 Å². The van der Waals surface area contributed by atoms with E-state index in [0.29, 0.717) is 18.9 Å². The summed E-state index contributed by atoms with van der Waals surface area (Å²) in [6.45, 7) is 1.19. The van der Waals surface area contributed by atoms with Crippen molar-refractivity contribution in [2.75, 3.05) is 18.1 Å². The van der Waals surface area contributed by atoms with Gasteiger partial charge in [0, 0.05) is 6.61 Å². The monoisotopic (exact) mass is 213 g/mol. The maximum atomic E-state index is 9.31. The third-order valence-corrected chi connectivity index (χ3v) is 2.13. The topological polar surface area (TPSA) is 55.5 Å². The standard InChI is InChI=1S/C10H15NO2S/c11-9-3-2-8(6-10(9)12)7-13-4-1-5-14/h2-3,6,12,14H,1,4-5,7,11H2. The third kappa shape index (κ3) is 3.47. The minimum Gasteiger partial charge on any atom is -0.506 e. The van der Waals surface area contributed by atoms with E-state index in [-0.39, 0.29) is 5.75 Å². The molecule has 0 amide bonds. The molecule has 0 aromatic heterocycles. The lowest BCUT2D eigenvalue weighted by atomic mass is 10.2. The van der Waals surface area contributed by atoms with Gasteiger partial charge in [-0.05, 0) is 29.9 Å². The van der Waals surface area contributed by atoms with Crippen LogP contribution in [0.3, 0.4) is 0 Å². The summed E-state index contributed by atoms with van der Waals surface area (Å²) in [6, 6.07) is 5.14. The molecule has 0 aliphatic carbocycles. The highest BCUT2D eigenvalue weighted by Crippen LogP contribution is 2.20. The maximum Gasteiger partial charge on any atom is 0.138 e. The van der Waals surface area contributed by atoms with Gasteiger partial charge in [0.25, 0.3) is 0 Å². The van der Waals surface area contributed by atoms with Crippen molar-refractivity contribution >= 4 is 18.3 Å². The number of phenols is 1. The van der Waals surface area contributed by atoms with Crippen molar-refractivity contribution in [2.24, 2.45) is 0 Å². The van der Waals surface area contributed by atoms with Gasteiger partial charge in [0.1, 0.15) is 5.75 Å². The molecular formula is C10H15NO2S. The Morgan fingerprint density at radius 1 is 1.43 bits per heavy atom. The minimum atomic E-state index is 0.111. The molecule has 1 rings (SSSR count). The lowest BCUT2D eigenvalue weighted by Crippen LogP contribution is -1.96. The minimum absolute atomic E-state index is 0.111. The molecule has 4 heteroatoms. The third-order valence-electron chi connectivity index (χ3n) is 1.81. The zero-order valence-electron chi connectivity index (χ0n) is 7.94. The van der Waals surface area contributed by atoms with E-state index in [4.69, 9.17) is 10.5 Å². The van der Waals surface area contributed by atoms with E-state index >= 15 is 0 Å². The summed E-state index contributed by atoms with van der Waals surface area (Å²) < 4.78 is 5.35. The van der Waals surface area contributed by atoms with Crippen LogP contribution in [0.25, 0.3) is 0 Å². The van der Waals surface area contributed by atoms with E-state index in [9.17, 15) is 5.11 Å². The number of hydrogen-bond donors (Lipinski definition) is 3. The fourth-order valence-corrected chi connectivity index (χ4v) is 1.16. The zero-order chi connectivity index (χ0) is 10.4. The van der Waals surface area contributed by atoms with Crippen molar-refractivity contribution in [1.82, 2.24) is 0 Å². The second-order valence-electron chi connectivity index (χ2n) is 3.02. The molecule has 0 radical (unpaired) electrons. The highest BCUT2D eigenvalue weighted by Gasteiger charge is 1.98. The fraction of sp³-hybridized carbons (Fsp3) is 0.400. The van der Waals surface area contributed by atoms with Crippen LogP contribution in [0.2, 0.25) is 0 Å². The number of nitrogen functional groups attached to an aromatic ring is 1. The average molecular weight is 213 g/mol.